The fourth-order valence-corrected chi connectivity index (χ4v) is 5.36. The van der Waals surface area contributed by atoms with Crippen LogP contribution in [-0.4, -0.2) is 61.8 Å². The number of hydrogen-bond donors (Lipinski definition) is 0. The van der Waals surface area contributed by atoms with Gasteiger partial charge in [0.15, 0.2) is 6.10 Å². The third-order valence-corrected chi connectivity index (χ3v) is 7.03. The highest BCUT2D eigenvalue weighted by molar-refractivity contribution is 7.89. The molecule has 0 N–H and O–H groups in total. The Morgan fingerprint density at radius 3 is 2.17 bits per heavy atom. The Hall–Kier alpha value is -2.44. The Morgan fingerprint density at radius 1 is 1.10 bits per heavy atom. The second-order valence-electron chi connectivity index (χ2n) is 7.27. The molecule has 8 nitrogen and oxygen atoms in total. The summed E-state index contributed by atoms with van der Waals surface area (Å²) in [6.45, 7) is 7.91. The number of ether oxygens (including phenoxy) is 1. The number of rotatable bonds is 6. The number of esters is 1. The SMILES string of the molecule is Cc1cc(C)c(S(=O)(=O)N2CCN(C(=O)CCC(=O)O[C@H](C)C#N)CC2)c(C)c1. The van der Waals surface area contributed by atoms with E-state index in [1.54, 1.807) is 24.8 Å². The summed E-state index contributed by atoms with van der Waals surface area (Å²) in [5, 5.41) is 8.63. The summed E-state index contributed by atoms with van der Waals surface area (Å²) in [6, 6.07) is 5.50. The number of carbonyl (C=O) groups is 2. The Bertz CT molecular complexity index is 905. The van der Waals surface area contributed by atoms with Crippen molar-refractivity contribution in [2.45, 2.75) is 51.5 Å². The highest BCUT2D eigenvalue weighted by Crippen LogP contribution is 2.26. The molecule has 1 saturated heterocycles. The third kappa shape index (κ3) is 5.55. The van der Waals surface area contributed by atoms with E-state index in [2.05, 4.69) is 0 Å². The van der Waals surface area contributed by atoms with Crippen LogP contribution < -0.4 is 0 Å². The molecule has 0 aromatic heterocycles. The largest absolute Gasteiger partial charge is 0.447 e. The summed E-state index contributed by atoms with van der Waals surface area (Å²) < 4.78 is 32.4. The molecular formula is C20H27N3O5S. The minimum atomic E-state index is -3.64. The molecule has 158 valence electrons. The molecule has 1 amide bonds. The zero-order chi connectivity index (χ0) is 21.8. The van der Waals surface area contributed by atoms with Crippen LogP contribution in [0.25, 0.3) is 0 Å². The molecular weight excluding hydrogens is 394 g/mol. The molecule has 1 aliphatic heterocycles. The second-order valence-corrected chi connectivity index (χ2v) is 9.15. The van der Waals surface area contributed by atoms with E-state index in [0.717, 1.165) is 5.56 Å². The van der Waals surface area contributed by atoms with Gasteiger partial charge in [-0.1, -0.05) is 17.7 Å². The van der Waals surface area contributed by atoms with Crippen LogP contribution in [0.15, 0.2) is 17.0 Å². The van der Waals surface area contributed by atoms with Gasteiger partial charge in [0, 0.05) is 32.6 Å². The molecule has 0 radical (unpaired) electrons. The van der Waals surface area contributed by atoms with E-state index in [-0.39, 0.29) is 44.9 Å². The van der Waals surface area contributed by atoms with Gasteiger partial charge in [0.25, 0.3) is 0 Å². The summed E-state index contributed by atoms with van der Waals surface area (Å²) >= 11 is 0. The lowest BCUT2D eigenvalue weighted by Crippen LogP contribution is -2.50. The number of piperazine rings is 1. The monoisotopic (exact) mass is 421 g/mol. The van der Waals surface area contributed by atoms with Gasteiger partial charge < -0.3 is 9.64 Å². The predicted molar refractivity (Wildman–Crippen MR) is 106 cm³/mol. The van der Waals surface area contributed by atoms with Gasteiger partial charge in [-0.3, -0.25) is 9.59 Å². The van der Waals surface area contributed by atoms with Crippen LogP contribution >= 0.6 is 0 Å². The van der Waals surface area contributed by atoms with Gasteiger partial charge in [-0.15, -0.1) is 0 Å². The molecule has 0 spiro atoms. The number of aryl methyl sites for hydroxylation is 3. The minimum Gasteiger partial charge on any atom is -0.447 e. The molecule has 1 fully saturated rings. The van der Waals surface area contributed by atoms with Crippen LogP contribution in [0, 0.1) is 32.1 Å². The molecule has 1 aliphatic rings. The lowest BCUT2D eigenvalue weighted by molar-refractivity contribution is -0.148. The first-order chi connectivity index (χ1) is 13.6. The summed E-state index contributed by atoms with van der Waals surface area (Å²) in [5.41, 5.74) is 2.44. The van der Waals surface area contributed by atoms with Gasteiger partial charge in [0.2, 0.25) is 15.9 Å². The molecule has 0 saturated carbocycles. The van der Waals surface area contributed by atoms with Crippen molar-refractivity contribution in [2.75, 3.05) is 26.2 Å². The van der Waals surface area contributed by atoms with Crippen LogP contribution in [0.3, 0.4) is 0 Å². The number of sulfonamides is 1. The van der Waals surface area contributed by atoms with Crippen molar-refractivity contribution in [3.05, 3.63) is 28.8 Å². The maximum atomic E-state index is 13.1. The fraction of sp³-hybridized carbons (Fsp3) is 0.550. The van der Waals surface area contributed by atoms with E-state index < -0.39 is 22.1 Å². The van der Waals surface area contributed by atoms with E-state index in [1.807, 2.05) is 19.1 Å². The topological polar surface area (TPSA) is 108 Å². The van der Waals surface area contributed by atoms with Crippen molar-refractivity contribution < 1.29 is 22.7 Å². The molecule has 1 atom stereocenters. The lowest BCUT2D eigenvalue weighted by Gasteiger charge is -2.34. The quantitative estimate of drug-likeness (QED) is 0.647. The average molecular weight is 422 g/mol. The summed E-state index contributed by atoms with van der Waals surface area (Å²) in [6.07, 6.45) is -0.981. The Balaban J connectivity index is 1.96. The highest BCUT2D eigenvalue weighted by Gasteiger charge is 2.32. The van der Waals surface area contributed by atoms with Crippen molar-refractivity contribution in [2.24, 2.45) is 0 Å². The van der Waals surface area contributed by atoms with E-state index in [9.17, 15) is 18.0 Å². The standard InChI is InChI=1S/C20H27N3O5S/c1-14-11-15(2)20(16(3)12-14)29(26,27)23-9-7-22(8-10-23)18(24)5-6-19(25)28-17(4)13-21/h11-12,17H,5-10H2,1-4H3/t17-/m1/s1. The van der Waals surface area contributed by atoms with Gasteiger partial charge >= 0.3 is 5.97 Å². The smallest absolute Gasteiger partial charge is 0.307 e. The number of nitrogens with zero attached hydrogens (tertiary/aromatic N) is 3. The van der Waals surface area contributed by atoms with Crippen molar-refractivity contribution >= 4 is 21.9 Å². The normalized spacial score (nSPS) is 16.2. The molecule has 0 bridgehead atoms. The lowest BCUT2D eigenvalue weighted by atomic mass is 10.1. The van der Waals surface area contributed by atoms with Gasteiger partial charge in [-0.2, -0.15) is 9.57 Å². The maximum Gasteiger partial charge on any atom is 0.307 e. The Labute approximate surface area is 172 Å². The number of hydrogen-bond acceptors (Lipinski definition) is 6. The predicted octanol–water partition coefficient (Wildman–Crippen LogP) is 1.68. The van der Waals surface area contributed by atoms with Crippen molar-refractivity contribution in [3.63, 3.8) is 0 Å². The van der Waals surface area contributed by atoms with Crippen molar-refractivity contribution in [1.82, 2.24) is 9.21 Å². The molecule has 9 heteroatoms. The van der Waals surface area contributed by atoms with Gasteiger partial charge in [-0.25, -0.2) is 8.42 Å². The molecule has 1 aromatic carbocycles. The first-order valence-electron chi connectivity index (χ1n) is 9.51. The van der Waals surface area contributed by atoms with Crippen LogP contribution in [-0.2, 0) is 24.3 Å². The first kappa shape index (κ1) is 22.8. The summed E-state index contributed by atoms with van der Waals surface area (Å²) in [5.74, 6) is -0.828. The zero-order valence-electron chi connectivity index (χ0n) is 17.3. The number of carbonyl (C=O) groups excluding carboxylic acids is 2. The van der Waals surface area contributed by atoms with Gasteiger partial charge in [0.05, 0.1) is 11.3 Å². The highest BCUT2D eigenvalue weighted by atomic mass is 32.2. The summed E-state index contributed by atoms with van der Waals surface area (Å²) in [4.78, 5) is 25.8. The van der Waals surface area contributed by atoms with Crippen LogP contribution in [0.2, 0.25) is 0 Å². The van der Waals surface area contributed by atoms with Crippen molar-refractivity contribution in [1.29, 1.82) is 5.26 Å². The van der Waals surface area contributed by atoms with Crippen LogP contribution in [0.5, 0.6) is 0 Å². The first-order valence-corrected chi connectivity index (χ1v) is 10.9. The Morgan fingerprint density at radius 2 is 1.66 bits per heavy atom. The molecule has 1 heterocycles. The molecule has 2 rings (SSSR count). The number of benzene rings is 1. The third-order valence-electron chi connectivity index (χ3n) is 4.83. The second kappa shape index (κ2) is 9.37. The fourth-order valence-electron chi connectivity index (χ4n) is 3.53. The van der Waals surface area contributed by atoms with Crippen molar-refractivity contribution in [3.8, 4) is 6.07 Å². The Kier molecular flexibility index (Phi) is 7.38. The molecule has 1 aromatic rings. The average Bonchev–Trinajstić information content (AvgIpc) is 2.65. The van der Waals surface area contributed by atoms with Crippen LogP contribution in [0.4, 0.5) is 0 Å². The number of amides is 1. The van der Waals surface area contributed by atoms with E-state index in [4.69, 9.17) is 10.00 Å². The van der Waals surface area contributed by atoms with Crippen LogP contribution in [0.1, 0.15) is 36.5 Å². The summed E-state index contributed by atoms with van der Waals surface area (Å²) in [7, 11) is -3.64. The van der Waals surface area contributed by atoms with Gasteiger partial charge in [0.1, 0.15) is 6.07 Å². The molecule has 0 unspecified atom stereocenters. The maximum absolute atomic E-state index is 13.1. The number of nitriles is 1. The van der Waals surface area contributed by atoms with E-state index >= 15 is 0 Å². The molecule has 0 aliphatic carbocycles. The van der Waals surface area contributed by atoms with Gasteiger partial charge in [-0.05, 0) is 38.8 Å². The molecule has 29 heavy (non-hydrogen) atoms. The minimum absolute atomic E-state index is 0.0279. The zero-order valence-corrected chi connectivity index (χ0v) is 18.1. The van der Waals surface area contributed by atoms with E-state index in [0.29, 0.717) is 16.0 Å². The van der Waals surface area contributed by atoms with E-state index in [1.165, 1.54) is 11.2 Å².